The molecule has 3 nitrogen and oxygen atoms in total. The van der Waals surface area contributed by atoms with Crippen molar-refractivity contribution < 1.29 is 9.18 Å². The number of nitrogens with two attached hydrogens (primary N) is 1. The van der Waals surface area contributed by atoms with Crippen LogP contribution in [-0.2, 0) is 0 Å². The van der Waals surface area contributed by atoms with Gasteiger partial charge in [-0.05, 0) is 24.6 Å². The highest BCUT2D eigenvalue weighted by molar-refractivity contribution is 5.95. The van der Waals surface area contributed by atoms with Crippen LogP contribution in [0, 0.1) is 12.7 Å². The van der Waals surface area contributed by atoms with E-state index in [-0.39, 0.29) is 5.56 Å². The second-order valence-corrected chi connectivity index (χ2v) is 2.43. The first kappa shape index (κ1) is 8.67. The number of hydrazine groups is 1. The summed E-state index contributed by atoms with van der Waals surface area (Å²) in [5.74, 6) is 3.98. The lowest BCUT2D eigenvalue weighted by Crippen LogP contribution is -2.30. The quantitative estimate of drug-likeness (QED) is 0.369. The zero-order valence-corrected chi connectivity index (χ0v) is 6.60. The average Bonchev–Trinajstić information content (AvgIpc) is 2.08. The molecule has 0 spiro atoms. The Morgan fingerprint density at radius 1 is 1.58 bits per heavy atom. The number of carbonyl (C=O) groups excluding carboxylic acids is 1. The van der Waals surface area contributed by atoms with Crippen LogP contribution in [0.25, 0.3) is 0 Å². The molecule has 64 valence electrons. The molecule has 0 saturated carbocycles. The summed E-state index contributed by atoms with van der Waals surface area (Å²) in [5, 5.41) is 0. The summed E-state index contributed by atoms with van der Waals surface area (Å²) in [6.45, 7) is 1.71. The van der Waals surface area contributed by atoms with Gasteiger partial charge in [0, 0.05) is 5.56 Å². The van der Waals surface area contributed by atoms with Gasteiger partial charge >= 0.3 is 0 Å². The van der Waals surface area contributed by atoms with E-state index < -0.39 is 11.7 Å². The molecular formula is C8H9FN2O. The van der Waals surface area contributed by atoms with Crippen molar-refractivity contribution in [2.45, 2.75) is 6.92 Å². The topological polar surface area (TPSA) is 55.1 Å². The summed E-state index contributed by atoms with van der Waals surface area (Å²) in [5.41, 5.74) is 2.90. The molecule has 0 saturated heterocycles. The molecule has 1 rings (SSSR count). The third-order valence-electron chi connectivity index (χ3n) is 1.58. The molecule has 1 aromatic carbocycles. The molecule has 0 unspecified atom stereocenters. The summed E-state index contributed by atoms with van der Waals surface area (Å²) in [4.78, 5) is 11.0. The maximum Gasteiger partial charge on any atom is 0.265 e. The number of halogens is 1. The van der Waals surface area contributed by atoms with E-state index in [0.29, 0.717) is 5.56 Å². The summed E-state index contributed by atoms with van der Waals surface area (Å²) in [7, 11) is 0. The van der Waals surface area contributed by atoms with Gasteiger partial charge in [-0.3, -0.25) is 10.2 Å². The molecule has 0 aliphatic heterocycles. The minimum atomic E-state index is -0.480. The number of aryl methyl sites for hydroxylation is 1. The molecule has 0 radical (unpaired) electrons. The normalized spacial score (nSPS) is 9.58. The summed E-state index contributed by atoms with van der Waals surface area (Å²) < 4.78 is 12.6. The third-order valence-corrected chi connectivity index (χ3v) is 1.58. The Morgan fingerprint density at radius 2 is 2.25 bits per heavy atom. The molecule has 1 amide bonds. The number of rotatable bonds is 1. The molecule has 12 heavy (non-hydrogen) atoms. The van der Waals surface area contributed by atoms with Gasteiger partial charge in [-0.1, -0.05) is 6.07 Å². The van der Waals surface area contributed by atoms with Crippen LogP contribution in [0.5, 0.6) is 0 Å². The number of nitrogen functional groups attached to an aromatic ring is 1. The Bertz CT molecular complexity index is 312. The number of amides is 1. The molecule has 3 N–H and O–H groups in total. The van der Waals surface area contributed by atoms with Crippen LogP contribution < -0.4 is 11.3 Å². The zero-order valence-electron chi connectivity index (χ0n) is 6.60. The molecule has 4 heteroatoms. The Morgan fingerprint density at radius 3 is 2.83 bits per heavy atom. The first-order chi connectivity index (χ1) is 5.65. The molecule has 0 aliphatic rings. The van der Waals surface area contributed by atoms with Crippen molar-refractivity contribution in [2.75, 3.05) is 0 Å². The highest BCUT2D eigenvalue weighted by Crippen LogP contribution is 2.09. The van der Waals surface area contributed by atoms with E-state index in [1.807, 2.05) is 5.43 Å². The molecule has 0 bridgehead atoms. The number of benzene rings is 1. The third kappa shape index (κ3) is 1.60. The Kier molecular flexibility index (Phi) is 2.40. The second-order valence-electron chi connectivity index (χ2n) is 2.43. The fourth-order valence-electron chi connectivity index (χ4n) is 0.917. The Hall–Kier alpha value is -1.42. The zero-order chi connectivity index (χ0) is 9.14. The molecule has 0 aliphatic carbocycles. The number of hydrogen-bond acceptors (Lipinski definition) is 2. The van der Waals surface area contributed by atoms with E-state index >= 15 is 0 Å². The maximum atomic E-state index is 12.6. The van der Waals surface area contributed by atoms with Crippen molar-refractivity contribution in [2.24, 2.45) is 5.84 Å². The SMILES string of the molecule is Cc1ccc(F)cc1C(=O)NN. The van der Waals surface area contributed by atoms with Gasteiger partial charge in [0.15, 0.2) is 0 Å². The summed E-state index contributed by atoms with van der Waals surface area (Å²) in [6.07, 6.45) is 0. The first-order valence-corrected chi connectivity index (χ1v) is 3.42. The average molecular weight is 168 g/mol. The van der Waals surface area contributed by atoms with E-state index in [0.717, 1.165) is 6.07 Å². The lowest BCUT2D eigenvalue weighted by atomic mass is 10.1. The van der Waals surface area contributed by atoms with E-state index in [1.165, 1.54) is 12.1 Å². The van der Waals surface area contributed by atoms with E-state index in [4.69, 9.17) is 5.84 Å². The molecule has 0 fully saturated rings. The van der Waals surface area contributed by atoms with Gasteiger partial charge in [-0.2, -0.15) is 0 Å². The van der Waals surface area contributed by atoms with Gasteiger partial charge < -0.3 is 0 Å². The summed E-state index contributed by atoms with van der Waals surface area (Å²) >= 11 is 0. The highest BCUT2D eigenvalue weighted by atomic mass is 19.1. The maximum absolute atomic E-state index is 12.6. The van der Waals surface area contributed by atoms with Crippen LogP contribution in [0.3, 0.4) is 0 Å². The van der Waals surface area contributed by atoms with Crippen molar-refractivity contribution in [3.8, 4) is 0 Å². The monoisotopic (exact) mass is 168 g/mol. The van der Waals surface area contributed by atoms with Crippen LogP contribution in [0.15, 0.2) is 18.2 Å². The van der Waals surface area contributed by atoms with Gasteiger partial charge in [-0.15, -0.1) is 0 Å². The van der Waals surface area contributed by atoms with Crippen molar-refractivity contribution >= 4 is 5.91 Å². The fourth-order valence-corrected chi connectivity index (χ4v) is 0.917. The molecule has 0 atom stereocenters. The predicted octanol–water partition coefficient (Wildman–Crippen LogP) is 0.738. The van der Waals surface area contributed by atoms with Gasteiger partial charge in [0.05, 0.1) is 0 Å². The lowest BCUT2D eigenvalue weighted by Gasteiger charge is -2.02. The van der Waals surface area contributed by atoms with Crippen molar-refractivity contribution in [3.05, 3.63) is 35.1 Å². The Balaban J connectivity index is 3.13. The largest absolute Gasteiger partial charge is 0.290 e. The van der Waals surface area contributed by atoms with Crippen molar-refractivity contribution in [1.29, 1.82) is 0 Å². The molecule has 0 aromatic heterocycles. The number of carbonyl (C=O) groups is 1. The van der Waals surface area contributed by atoms with E-state index in [2.05, 4.69) is 0 Å². The Labute approximate surface area is 69.3 Å². The van der Waals surface area contributed by atoms with Crippen molar-refractivity contribution in [1.82, 2.24) is 5.43 Å². The minimum absolute atomic E-state index is 0.262. The van der Waals surface area contributed by atoms with Gasteiger partial charge in [0.25, 0.3) is 5.91 Å². The van der Waals surface area contributed by atoms with Gasteiger partial charge in [0.2, 0.25) is 0 Å². The smallest absolute Gasteiger partial charge is 0.265 e. The number of nitrogens with one attached hydrogen (secondary N) is 1. The van der Waals surface area contributed by atoms with Crippen LogP contribution in [0.4, 0.5) is 4.39 Å². The lowest BCUT2D eigenvalue weighted by molar-refractivity contribution is 0.0952. The van der Waals surface area contributed by atoms with E-state index in [1.54, 1.807) is 6.92 Å². The number of hydrogen-bond donors (Lipinski definition) is 2. The predicted molar refractivity (Wildman–Crippen MR) is 42.8 cm³/mol. The van der Waals surface area contributed by atoms with Crippen LogP contribution >= 0.6 is 0 Å². The molecule has 1 aromatic rings. The van der Waals surface area contributed by atoms with Crippen LogP contribution in [0.1, 0.15) is 15.9 Å². The van der Waals surface area contributed by atoms with Gasteiger partial charge in [0.1, 0.15) is 5.82 Å². The van der Waals surface area contributed by atoms with Crippen LogP contribution in [0.2, 0.25) is 0 Å². The van der Waals surface area contributed by atoms with Gasteiger partial charge in [-0.25, -0.2) is 10.2 Å². The van der Waals surface area contributed by atoms with E-state index in [9.17, 15) is 9.18 Å². The standard InChI is InChI=1S/C8H9FN2O/c1-5-2-3-6(9)4-7(5)8(12)11-10/h2-4H,10H2,1H3,(H,11,12). The second kappa shape index (κ2) is 3.32. The summed E-state index contributed by atoms with van der Waals surface area (Å²) in [6, 6.07) is 3.97. The fraction of sp³-hybridized carbons (Fsp3) is 0.125. The molecule has 0 heterocycles. The highest BCUT2D eigenvalue weighted by Gasteiger charge is 2.07. The first-order valence-electron chi connectivity index (χ1n) is 3.42. The molecular weight excluding hydrogens is 159 g/mol. The minimum Gasteiger partial charge on any atom is -0.290 e. The van der Waals surface area contributed by atoms with Crippen LogP contribution in [-0.4, -0.2) is 5.91 Å². The van der Waals surface area contributed by atoms with Crippen molar-refractivity contribution in [3.63, 3.8) is 0 Å².